The lowest BCUT2D eigenvalue weighted by molar-refractivity contribution is 0.0985. The molecule has 0 aliphatic carbocycles. The molecule has 1 heterocycles. The van der Waals surface area contributed by atoms with Gasteiger partial charge in [0.2, 0.25) is 0 Å². The lowest BCUT2D eigenvalue weighted by atomic mass is 10.2. The van der Waals surface area contributed by atoms with Gasteiger partial charge in [-0.1, -0.05) is 11.3 Å². The SMILES string of the molecule is COc1ccc(OC)c2sc(N(CCN(C)C)C(=O)c3ccc(F)cc3)nc12.Cl. The summed E-state index contributed by atoms with van der Waals surface area (Å²) in [5.74, 6) is 0.658. The summed E-state index contributed by atoms with van der Waals surface area (Å²) >= 11 is 1.36. The number of fused-ring (bicyclic) bond motifs is 1. The predicted molar refractivity (Wildman–Crippen MR) is 117 cm³/mol. The van der Waals surface area contributed by atoms with Crippen LogP contribution in [0.15, 0.2) is 36.4 Å². The third-order valence-electron chi connectivity index (χ3n) is 4.24. The number of thiazole rings is 1. The van der Waals surface area contributed by atoms with Crippen molar-refractivity contribution in [2.75, 3.05) is 46.3 Å². The molecule has 3 aromatic rings. The second-order valence-corrected chi connectivity index (χ2v) is 7.39. The van der Waals surface area contributed by atoms with E-state index in [1.807, 2.05) is 25.1 Å². The fraction of sp³-hybridized carbons (Fsp3) is 0.300. The molecule has 6 nitrogen and oxygen atoms in total. The second kappa shape index (κ2) is 9.87. The van der Waals surface area contributed by atoms with Gasteiger partial charge in [0.05, 0.1) is 14.2 Å². The summed E-state index contributed by atoms with van der Waals surface area (Å²) in [6, 6.07) is 9.12. The molecule has 0 radical (unpaired) electrons. The van der Waals surface area contributed by atoms with Crippen LogP contribution in [0.25, 0.3) is 10.2 Å². The number of amides is 1. The molecule has 0 unspecified atom stereocenters. The zero-order valence-corrected chi connectivity index (χ0v) is 18.3. The molecule has 1 amide bonds. The number of hydrogen-bond donors (Lipinski definition) is 0. The normalized spacial score (nSPS) is 10.7. The fourth-order valence-electron chi connectivity index (χ4n) is 2.72. The van der Waals surface area contributed by atoms with E-state index in [4.69, 9.17) is 9.47 Å². The van der Waals surface area contributed by atoms with Crippen molar-refractivity contribution in [1.82, 2.24) is 9.88 Å². The summed E-state index contributed by atoms with van der Waals surface area (Å²) in [7, 11) is 7.04. The molecule has 3 rings (SSSR count). The number of hydrogen-bond acceptors (Lipinski definition) is 6. The lowest BCUT2D eigenvalue weighted by Crippen LogP contribution is -2.36. The molecule has 0 saturated heterocycles. The van der Waals surface area contributed by atoms with Gasteiger partial charge in [-0.15, -0.1) is 12.4 Å². The number of nitrogens with zero attached hydrogens (tertiary/aromatic N) is 3. The Balaban J connectivity index is 0.00000300. The number of likely N-dealkylation sites (N-methyl/N-ethyl adjacent to an activating group) is 1. The van der Waals surface area contributed by atoms with Gasteiger partial charge in [0.1, 0.15) is 27.5 Å². The first kappa shape index (κ1) is 22.9. The minimum absolute atomic E-state index is 0. The number of benzene rings is 2. The van der Waals surface area contributed by atoms with Crippen molar-refractivity contribution in [1.29, 1.82) is 0 Å². The highest BCUT2D eigenvalue weighted by molar-refractivity contribution is 7.22. The Kier molecular flexibility index (Phi) is 7.78. The molecular formula is C20H23ClFN3O3S. The van der Waals surface area contributed by atoms with Gasteiger partial charge in [-0.25, -0.2) is 9.37 Å². The maximum absolute atomic E-state index is 13.3. The van der Waals surface area contributed by atoms with E-state index >= 15 is 0 Å². The maximum Gasteiger partial charge on any atom is 0.260 e. The molecule has 0 fully saturated rings. The Hall–Kier alpha value is -2.42. The van der Waals surface area contributed by atoms with Crippen LogP contribution in [0.1, 0.15) is 10.4 Å². The lowest BCUT2D eigenvalue weighted by Gasteiger charge is -2.22. The molecule has 9 heteroatoms. The monoisotopic (exact) mass is 439 g/mol. The van der Waals surface area contributed by atoms with Crippen LogP contribution in [0, 0.1) is 5.82 Å². The summed E-state index contributed by atoms with van der Waals surface area (Å²) in [5, 5.41) is 0.536. The number of methoxy groups -OCH3 is 2. The van der Waals surface area contributed by atoms with E-state index in [0.717, 1.165) is 4.70 Å². The highest BCUT2D eigenvalue weighted by atomic mass is 35.5. The molecule has 29 heavy (non-hydrogen) atoms. The number of carbonyl (C=O) groups excluding carboxylic acids is 1. The molecular weight excluding hydrogens is 417 g/mol. The molecule has 0 spiro atoms. The van der Waals surface area contributed by atoms with Gasteiger partial charge >= 0.3 is 0 Å². The Labute approximate surface area is 179 Å². The van der Waals surface area contributed by atoms with Gasteiger partial charge in [-0.2, -0.15) is 0 Å². The maximum atomic E-state index is 13.3. The summed E-state index contributed by atoms with van der Waals surface area (Å²) < 4.78 is 24.9. The molecule has 0 aliphatic rings. The summed E-state index contributed by atoms with van der Waals surface area (Å²) in [4.78, 5) is 21.4. The summed E-state index contributed by atoms with van der Waals surface area (Å²) in [6.07, 6.45) is 0. The third-order valence-corrected chi connectivity index (χ3v) is 5.33. The van der Waals surface area contributed by atoms with Crippen LogP contribution in [-0.4, -0.2) is 57.2 Å². The smallest absolute Gasteiger partial charge is 0.260 e. The van der Waals surface area contributed by atoms with Gasteiger partial charge < -0.3 is 14.4 Å². The average Bonchev–Trinajstić information content (AvgIpc) is 3.12. The highest BCUT2D eigenvalue weighted by Gasteiger charge is 2.23. The molecule has 0 saturated carbocycles. The number of ether oxygens (including phenoxy) is 2. The van der Waals surface area contributed by atoms with Crippen LogP contribution in [0.5, 0.6) is 11.5 Å². The number of halogens is 2. The van der Waals surface area contributed by atoms with E-state index in [0.29, 0.717) is 40.8 Å². The molecule has 0 N–H and O–H groups in total. The minimum Gasteiger partial charge on any atom is -0.495 e. The molecule has 2 aromatic carbocycles. The van der Waals surface area contributed by atoms with Crippen molar-refractivity contribution in [3.8, 4) is 11.5 Å². The van der Waals surface area contributed by atoms with Crippen LogP contribution >= 0.6 is 23.7 Å². The Morgan fingerprint density at radius 2 is 1.66 bits per heavy atom. The van der Waals surface area contributed by atoms with Crippen LogP contribution in [0.3, 0.4) is 0 Å². The van der Waals surface area contributed by atoms with Crippen LogP contribution in [0.2, 0.25) is 0 Å². The zero-order chi connectivity index (χ0) is 20.3. The van der Waals surface area contributed by atoms with E-state index in [9.17, 15) is 9.18 Å². The first-order valence-corrected chi connectivity index (χ1v) is 9.50. The standard InChI is InChI=1S/C20H22FN3O3S.ClH/c1-23(2)11-12-24(19(25)13-5-7-14(21)8-6-13)20-22-17-15(26-3)9-10-16(27-4)18(17)28-20;/h5-10H,11-12H2,1-4H3;1H. The van der Waals surface area contributed by atoms with E-state index in [-0.39, 0.29) is 24.1 Å². The summed E-state index contributed by atoms with van der Waals surface area (Å²) in [5.41, 5.74) is 1.04. The number of rotatable bonds is 7. The Morgan fingerprint density at radius 3 is 2.24 bits per heavy atom. The van der Waals surface area contributed by atoms with Crippen molar-refractivity contribution in [2.24, 2.45) is 0 Å². The van der Waals surface area contributed by atoms with Crippen molar-refractivity contribution in [2.45, 2.75) is 0 Å². The predicted octanol–water partition coefficient (Wildman–Crippen LogP) is 4.08. The van der Waals surface area contributed by atoms with Crippen molar-refractivity contribution < 1.29 is 18.7 Å². The van der Waals surface area contributed by atoms with Crippen LogP contribution in [0.4, 0.5) is 9.52 Å². The third kappa shape index (κ3) is 4.95. The fourth-order valence-corrected chi connectivity index (χ4v) is 3.82. The Morgan fingerprint density at radius 1 is 1.03 bits per heavy atom. The first-order chi connectivity index (χ1) is 13.4. The molecule has 1 aromatic heterocycles. The van der Waals surface area contributed by atoms with Gasteiger partial charge in [-0.05, 0) is 50.5 Å². The van der Waals surface area contributed by atoms with E-state index in [1.165, 1.54) is 35.6 Å². The van der Waals surface area contributed by atoms with Crippen molar-refractivity contribution >= 4 is 45.0 Å². The van der Waals surface area contributed by atoms with E-state index < -0.39 is 0 Å². The van der Waals surface area contributed by atoms with Crippen molar-refractivity contribution in [3.63, 3.8) is 0 Å². The molecule has 0 aliphatic heterocycles. The first-order valence-electron chi connectivity index (χ1n) is 8.68. The number of anilines is 1. The zero-order valence-electron chi connectivity index (χ0n) is 16.6. The minimum atomic E-state index is -0.383. The largest absolute Gasteiger partial charge is 0.495 e. The van der Waals surface area contributed by atoms with Gasteiger partial charge in [0.15, 0.2) is 5.13 Å². The Bertz CT molecular complexity index is 938. The molecule has 0 atom stereocenters. The van der Waals surface area contributed by atoms with E-state index in [1.54, 1.807) is 25.2 Å². The van der Waals surface area contributed by atoms with Gasteiger partial charge in [0.25, 0.3) is 5.91 Å². The highest BCUT2D eigenvalue weighted by Crippen LogP contribution is 2.40. The second-order valence-electron chi connectivity index (χ2n) is 6.41. The number of carbonyl (C=O) groups is 1. The number of aromatic nitrogens is 1. The average molecular weight is 440 g/mol. The van der Waals surface area contributed by atoms with Crippen LogP contribution in [-0.2, 0) is 0 Å². The molecule has 156 valence electrons. The topological polar surface area (TPSA) is 54.9 Å². The van der Waals surface area contributed by atoms with Crippen LogP contribution < -0.4 is 14.4 Å². The van der Waals surface area contributed by atoms with Crippen molar-refractivity contribution in [3.05, 3.63) is 47.8 Å². The molecule has 0 bridgehead atoms. The quantitative estimate of drug-likeness (QED) is 0.555. The van der Waals surface area contributed by atoms with Gasteiger partial charge in [0, 0.05) is 18.7 Å². The van der Waals surface area contributed by atoms with E-state index in [2.05, 4.69) is 4.98 Å². The summed E-state index contributed by atoms with van der Waals surface area (Å²) in [6.45, 7) is 1.09. The van der Waals surface area contributed by atoms with Gasteiger partial charge in [-0.3, -0.25) is 9.69 Å².